The first-order valence-electron chi connectivity index (χ1n) is 15.6. The van der Waals surface area contributed by atoms with Gasteiger partial charge in [-0.05, 0) is 70.6 Å². The standard InChI is InChI=1S/C41H24N4O2/c1-3-9-24(10-4-1)39-43-40(25-11-5-2-6-12-25)45-41(44-39)31-18-17-29(38-37(31)30-13-7-8-14-35(30)47-38)27-16-15-26-19-28-21-36-34(42-23-46-36)22-33(28)32(26)20-27/h1-18,20-23H,19H2. The van der Waals surface area contributed by atoms with Crippen LogP contribution in [0.4, 0.5) is 0 Å². The van der Waals surface area contributed by atoms with Crippen molar-refractivity contribution in [2.24, 2.45) is 0 Å². The predicted octanol–water partition coefficient (Wildman–Crippen LogP) is 10.2. The maximum Gasteiger partial charge on any atom is 0.181 e. The van der Waals surface area contributed by atoms with Gasteiger partial charge in [0, 0.05) is 33.0 Å². The Balaban J connectivity index is 1.20. The van der Waals surface area contributed by atoms with Crippen molar-refractivity contribution in [2.45, 2.75) is 6.42 Å². The van der Waals surface area contributed by atoms with Gasteiger partial charge in [0.2, 0.25) is 0 Å². The number of rotatable bonds is 4. The van der Waals surface area contributed by atoms with Crippen LogP contribution in [-0.4, -0.2) is 19.9 Å². The maximum absolute atomic E-state index is 6.67. The lowest BCUT2D eigenvalue weighted by Gasteiger charge is -2.11. The quantitative estimate of drug-likeness (QED) is 0.199. The number of benzene rings is 6. The van der Waals surface area contributed by atoms with Gasteiger partial charge in [-0.1, -0.05) is 91.0 Å². The van der Waals surface area contributed by atoms with E-state index in [9.17, 15) is 0 Å². The summed E-state index contributed by atoms with van der Waals surface area (Å²) in [5, 5.41) is 2.00. The van der Waals surface area contributed by atoms with Crippen molar-refractivity contribution < 1.29 is 8.83 Å². The Morgan fingerprint density at radius 2 is 1.17 bits per heavy atom. The number of hydrogen-bond acceptors (Lipinski definition) is 6. The van der Waals surface area contributed by atoms with Crippen molar-refractivity contribution in [3.05, 3.63) is 145 Å². The van der Waals surface area contributed by atoms with E-state index in [-0.39, 0.29) is 0 Å². The fourth-order valence-electron chi connectivity index (χ4n) is 6.87. The van der Waals surface area contributed by atoms with Crippen LogP contribution in [0.25, 0.3) is 89.5 Å². The van der Waals surface area contributed by atoms with Crippen LogP contribution in [0.2, 0.25) is 0 Å². The molecule has 10 rings (SSSR count). The fraction of sp³-hybridized carbons (Fsp3) is 0.0244. The summed E-state index contributed by atoms with van der Waals surface area (Å²) >= 11 is 0. The summed E-state index contributed by atoms with van der Waals surface area (Å²) in [6.45, 7) is 0. The number of fused-ring (bicyclic) bond motifs is 7. The van der Waals surface area contributed by atoms with Crippen LogP contribution in [0.5, 0.6) is 0 Å². The molecule has 1 aliphatic carbocycles. The molecule has 3 aromatic heterocycles. The Morgan fingerprint density at radius 3 is 1.96 bits per heavy atom. The first kappa shape index (κ1) is 25.9. The third-order valence-corrected chi connectivity index (χ3v) is 9.11. The highest BCUT2D eigenvalue weighted by Gasteiger charge is 2.24. The van der Waals surface area contributed by atoms with Crippen molar-refractivity contribution in [3.63, 3.8) is 0 Å². The Hall–Kier alpha value is -6.40. The molecule has 220 valence electrons. The fourth-order valence-corrected chi connectivity index (χ4v) is 6.87. The summed E-state index contributed by atoms with van der Waals surface area (Å²) in [4.78, 5) is 19.4. The van der Waals surface area contributed by atoms with Gasteiger partial charge in [0.1, 0.15) is 16.7 Å². The minimum Gasteiger partial charge on any atom is -0.455 e. The zero-order chi connectivity index (χ0) is 30.9. The summed E-state index contributed by atoms with van der Waals surface area (Å²) in [5.41, 5.74) is 13.1. The molecule has 0 fully saturated rings. The van der Waals surface area contributed by atoms with E-state index in [2.05, 4.69) is 53.5 Å². The largest absolute Gasteiger partial charge is 0.455 e. The third kappa shape index (κ3) is 4.12. The number of para-hydroxylation sites is 1. The average Bonchev–Trinajstić information content (AvgIpc) is 3.85. The molecule has 0 saturated carbocycles. The van der Waals surface area contributed by atoms with Crippen molar-refractivity contribution in [1.29, 1.82) is 0 Å². The number of furan rings is 1. The first-order chi connectivity index (χ1) is 23.3. The second kappa shape index (κ2) is 10.1. The second-order valence-electron chi connectivity index (χ2n) is 11.9. The molecule has 6 nitrogen and oxygen atoms in total. The molecule has 0 saturated heterocycles. The van der Waals surface area contributed by atoms with Crippen LogP contribution in [0, 0.1) is 0 Å². The Morgan fingerprint density at radius 1 is 0.489 bits per heavy atom. The van der Waals surface area contributed by atoms with Crippen molar-refractivity contribution >= 4 is 33.0 Å². The second-order valence-corrected chi connectivity index (χ2v) is 11.9. The van der Waals surface area contributed by atoms with Crippen LogP contribution in [0.15, 0.2) is 143 Å². The molecular formula is C41H24N4O2. The zero-order valence-corrected chi connectivity index (χ0v) is 25.0. The monoisotopic (exact) mass is 604 g/mol. The van der Waals surface area contributed by atoms with E-state index < -0.39 is 0 Å². The van der Waals surface area contributed by atoms with Gasteiger partial charge >= 0.3 is 0 Å². The molecule has 0 spiro atoms. The normalized spacial score (nSPS) is 12.2. The smallest absolute Gasteiger partial charge is 0.181 e. The summed E-state index contributed by atoms with van der Waals surface area (Å²) in [6.07, 6.45) is 2.38. The molecule has 0 unspecified atom stereocenters. The van der Waals surface area contributed by atoms with Crippen molar-refractivity contribution in [3.8, 4) is 56.4 Å². The van der Waals surface area contributed by atoms with Crippen molar-refractivity contribution in [1.82, 2.24) is 19.9 Å². The molecule has 6 aromatic carbocycles. The summed E-state index contributed by atoms with van der Waals surface area (Å²) in [6, 6.07) is 43.5. The number of nitrogens with zero attached hydrogens (tertiary/aromatic N) is 4. The van der Waals surface area contributed by atoms with Gasteiger partial charge in [-0.3, -0.25) is 0 Å². The number of oxazole rings is 1. The topological polar surface area (TPSA) is 77.8 Å². The van der Waals surface area contributed by atoms with Gasteiger partial charge in [-0.25, -0.2) is 19.9 Å². The predicted molar refractivity (Wildman–Crippen MR) is 185 cm³/mol. The molecule has 47 heavy (non-hydrogen) atoms. The van der Waals surface area contributed by atoms with Gasteiger partial charge in [0.05, 0.1) is 0 Å². The maximum atomic E-state index is 6.67. The van der Waals surface area contributed by atoms with Gasteiger partial charge in [0.15, 0.2) is 29.4 Å². The minimum atomic E-state index is 0.598. The van der Waals surface area contributed by atoms with Gasteiger partial charge in [-0.15, -0.1) is 0 Å². The molecule has 1 aliphatic rings. The number of aromatic nitrogens is 4. The van der Waals surface area contributed by atoms with E-state index in [1.165, 1.54) is 28.6 Å². The lowest BCUT2D eigenvalue weighted by molar-refractivity contribution is 0.602. The highest BCUT2D eigenvalue weighted by molar-refractivity contribution is 6.16. The molecule has 9 aromatic rings. The molecule has 3 heterocycles. The van der Waals surface area contributed by atoms with Crippen LogP contribution in [-0.2, 0) is 6.42 Å². The Labute approximate surface area is 269 Å². The van der Waals surface area contributed by atoms with E-state index in [1.54, 1.807) is 0 Å². The molecular weight excluding hydrogens is 580 g/mol. The Kier molecular flexibility index (Phi) is 5.54. The van der Waals surface area contributed by atoms with Crippen LogP contribution in [0.3, 0.4) is 0 Å². The first-order valence-corrected chi connectivity index (χ1v) is 15.6. The number of hydrogen-bond donors (Lipinski definition) is 0. The molecule has 0 aliphatic heterocycles. The van der Waals surface area contributed by atoms with Gasteiger partial charge in [-0.2, -0.15) is 0 Å². The van der Waals surface area contributed by atoms with Gasteiger partial charge in [0.25, 0.3) is 0 Å². The summed E-state index contributed by atoms with van der Waals surface area (Å²) in [7, 11) is 0. The van der Waals surface area contributed by atoms with E-state index >= 15 is 0 Å². The molecule has 0 amide bonds. The van der Waals surface area contributed by atoms with E-state index in [0.29, 0.717) is 17.5 Å². The SMILES string of the molecule is c1ccc(-c2nc(-c3ccccc3)nc(-c3ccc(-c4ccc5c(c4)-c4cc6ncoc6cc4C5)c4oc5ccccc5c34)n2)cc1. The minimum absolute atomic E-state index is 0.598. The molecule has 0 N–H and O–H groups in total. The highest BCUT2D eigenvalue weighted by Crippen LogP contribution is 2.45. The molecule has 0 radical (unpaired) electrons. The third-order valence-electron chi connectivity index (χ3n) is 9.11. The Bertz CT molecular complexity index is 2600. The molecule has 0 atom stereocenters. The average molecular weight is 605 g/mol. The van der Waals surface area contributed by atoms with E-state index in [0.717, 1.165) is 67.3 Å². The van der Waals surface area contributed by atoms with E-state index in [4.69, 9.17) is 23.8 Å². The van der Waals surface area contributed by atoms with Crippen LogP contribution >= 0.6 is 0 Å². The highest BCUT2D eigenvalue weighted by atomic mass is 16.3. The zero-order valence-electron chi connectivity index (χ0n) is 25.0. The van der Waals surface area contributed by atoms with Crippen LogP contribution in [0.1, 0.15) is 11.1 Å². The molecule has 6 heteroatoms. The van der Waals surface area contributed by atoms with Crippen molar-refractivity contribution in [2.75, 3.05) is 0 Å². The van der Waals surface area contributed by atoms with Crippen LogP contribution < -0.4 is 0 Å². The van der Waals surface area contributed by atoms with E-state index in [1.807, 2.05) is 78.9 Å². The molecule has 0 bridgehead atoms. The summed E-state index contributed by atoms with van der Waals surface area (Å²) < 4.78 is 12.3. The lowest BCUT2D eigenvalue weighted by Crippen LogP contribution is -2.00. The summed E-state index contributed by atoms with van der Waals surface area (Å²) in [5.74, 6) is 1.84. The lowest BCUT2D eigenvalue weighted by atomic mass is 9.95. The van der Waals surface area contributed by atoms with Gasteiger partial charge < -0.3 is 8.83 Å².